The van der Waals surface area contributed by atoms with Crippen LogP contribution in [0.4, 0.5) is 0 Å². The Bertz CT molecular complexity index is 146. The van der Waals surface area contributed by atoms with Crippen LogP contribution in [0, 0.1) is 0 Å². The highest BCUT2D eigenvalue weighted by Crippen LogP contribution is 2.12. The lowest BCUT2D eigenvalue weighted by Gasteiger charge is -2.31. The average Bonchev–Trinajstić information content (AvgIpc) is 2.25. The summed E-state index contributed by atoms with van der Waals surface area (Å²) < 4.78 is 5.67. The van der Waals surface area contributed by atoms with Crippen LogP contribution in [-0.2, 0) is 4.74 Å². The molecule has 0 bridgehead atoms. The molecule has 1 fully saturated rings. The second-order valence-electron chi connectivity index (χ2n) is 3.54. The van der Waals surface area contributed by atoms with Gasteiger partial charge in [-0.3, -0.25) is 4.90 Å². The molecule has 0 radical (unpaired) electrons. The Morgan fingerprint density at radius 3 is 3.14 bits per heavy atom. The maximum Gasteiger partial charge on any atom is 0.0792 e. The number of nitrogens with zero attached hydrogens (tertiary/aromatic N) is 1. The van der Waals surface area contributed by atoms with Crippen molar-refractivity contribution in [1.29, 1.82) is 0 Å². The molecule has 1 unspecified atom stereocenters. The number of aliphatic hydroxyl groups excluding tert-OH is 1. The first kappa shape index (κ1) is 12.3. The van der Waals surface area contributed by atoms with Crippen molar-refractivity contribution >= 4 is 11.8 Å². The van der Waals surface area contributed by atoms with E-state index in [4.69, 9.17) is 9.84 Å². The Balaban J connectivity index is 2.05. The van der Waals surface area contributed by atoms with Gasteiger partial charge in [-0.15, -0.1) is 0 Å². The summed E-state index contributed by atoms with van der Waals surface area (Å²) >= 11 is 1.89. The van der Waals surface area contributed by atoms with Gasteiger partial charge in [0, 0.05) is 25.4 Å². The van der Waals surface area contributed by atoms with Crippen LogP contribution in [0.5, 0.6) is 0 Å². The molecule has 1 aliphatic heterocycles. The first-order chi connectivity index (χ1) is 6.86. The molecule has 1 rings (SSSR count). The zero-order valence-electron chi connectivity index (χ0n) is 8.95. The average molecular weight is 219 g/mol. The summed E-state index contributed by atoms with van der Waals surface area (Å²) in [6.07, 6.45) is 1.29. The number of thioether (sulfide) groups is 1. The zero-order chi connectivity index (χ0) is 10.2. The molecule has 4 heteroatoms. The third-order valence-corrected chi connectivity index (χ3v) is 3.61. The van der Waals surface area contributed by atoms with Crippen LogP contribution in [0.3, 0.4) is 0 Å². The molecular weight excluding hydrogens is 198 g/mol. The molecular formula is C10H21NO2S. The summed E-state index contributed by atoms with van der Waals surface area (Å²) in [6.45, 7) is 6.65. The minimum Gasteiger partial charge on any atom is -0.396 e. The van der Waals surface area contributed by atoms with Gasteiger partial charge >= 0.3 is 0 Å². The molecule has 1 N–H and O–H groups in total. The molecule has 1 heterocycles. The Hall–Kier alpha value is 0.230. The van der Waals surface area contributed by atoms with Crippen LogP contribution < -0.4 is 0 Å². The Morgan fingerprint density at radius 1 is 1.57 bits per heavy atom. The highest BCUT2D eigenvalue weighted by Gasteiger charge is 2.18. The number of hydrogen-bond donors (Lipinski definition) is 1. The van der Waals surface area contributed by atoms with E-state index in [0.29, 0.717) is 12.7 Å². The van der Waals surface area contributed by atoms with Crippen LogP contribution >= 0.6 is 11.8 Å². The van der Waals surface area contributed by atoms with Gasteiger partial charge in [0.25, 0.3) is 0 Å². The van der Waals surface area contributed by atoms with E-state index in [1.807, 2.05) is 11.8 Å². The first-order valence-corrected chi connectivity index (χ1v) is 6.54. The highest BCUT2D eigenvalue weighted by molar-refractivity contribution is 7.99. The van der Waals surface area contributed by atoms with Crippen LogP contribution in [-0.4, -0.2) is 60.5 Å². The van der Waals surface area contributed by atoms with Gasteiger partial charge in [0.1, 0.15) is 0 Å². The quantitative estimate of drug-likeness (QED) is 0.671. The van der Waals surface area contributed by atoms with E-state index in [9.17, 15) is 0 Å². The van der Waals surface area contributed by atoms with Crippen LogP contribution in [0.1, 0.15) is 13.3 Å². The number of rotatable bonds is 6. The number of hydrogen-bond acceptors (Lipinski definition) is 4. The second-order valence-corrected chi connectivity index (χ2v) is 4.69. The van der Waals surface area contributed by atoms with E-state index in [0.717, 1.165) is 44.2 Å². The Labute approximate surface area is 90.8 Å². The van der Waals surface area contributed by atoms with E-state index in [1.54, 1.807) is 0 Å². The topological polar surface area (TPSA) is 32.7 Å². The Kier molecular flexibility index (Phi) is 6.60. The maximum atomic E-state index is 8.63. The summed E-state index contributed by atoms with van der Waals surface area (Å²) in [4.78, 5) is 2.43. The van der Waals surface area contributed by atoms with E-state index in [2.05, 4.69) is 11.8 Å². The van der Waals surface area contributed by atoms with Gasteiger partial charge in [0.15, 0.2) is 0 Å². The van der Waals surface area contributed by atoms with Crippen molar-refractivity contribution in [3.8, 4) is 0 Å². The smallest absolute Gasteiger partial charge is 0.0792 e. The number of likely N-dealkylation sites (N-methyl/N-ethyl adjacent to an activating group) is 1. The molecule has 0 aromatic carbocycles. The van der Waals surface area contributed by atoms with Gasteiger partial charge in [-0.05, 0) is 18.7 Å². The molecule has 0 saturated carbocycles. The lowest BCUT2D eigenvalue weighted by molar-refractivity contribution is -0.0137. The van der Waals surface area contributed by atoms with E-state index in [-0.39, 0.29) is 0 Å². The third-order valence-electron chi connectivity index (χ3n) is 2.42. The predicted octanol–water partition coefficient (Wildman–Crippen LogP) is 0.823. The summed E-state index contributed by atoms with van der Waals surface area (Å²) in [5, 5.41) is 8.63. The van der Waals surface area contributed by atoms with E-state index in [1.165, 1.54) is 0 Å². The second kappa shape index (κ2) is 7.51. The molecule has 3 nitrogen and oxygen atoms in total. The minimum absolute atomic E-state index is 0.305. The Morgan fingerprint density at radius 2 is 2.43 bits per heavy atom. The third kappa shape index (κ3) is 4.64. The van der Waals surface area contributed by atoms with E-state index < -0.39 is 0 Å². The van der Waals surface area contributed by atoms with Crippen molar-refractivity contribution in [3.63, 3.8) is 0 Å². The van der Waals surface area contributed by atoms with Crippen LogP contribution in [0.25, 0.3) is 0 Å². The largest absolute Gasteiger partial charge is 0.396 e. The standard InChI is InChI=1S/C10H21NO2S/c1-2-11-4-6-13-10(8-11)9-14-7-3-5-12/h10,12H,2-9H2,1H3. The van der Waals surface area contributed by atoms with Crippen molar-refractivity contribution in [2.75, 3.05) is 44.4 Å². The molecule has 1 saturated heterocycles. The minimum atomic E-state index is 0.305. The lowest BCUT2D eigenvalue weighted by atomic mass is 10.3. The zero-order valence-corrected chi connectivity index (χ0v) is 9.76. The number of morpholine rings is 1. The van der Waals surface area contributed by atoms with Gasteiger partial charge < -0.3 is 9.84 Å². The SMILES string of the molecule is CCN1CCOC(CSCCCO)C1. The van der Waals surface area contributed by atoms with Crippen LogP contribution in [0.15, 0.2) is 0 Å². The van der Waals surface area contributed by atoms with Gasteiger partial charge in [-0.1, -0.05) is 6.92 Å². The molecule has 0 aromatic rings. The van der Waals surface area contributed by atoms with Crippen molar-refractivity contribution in [2.24, 2.45) is 0 Å². The molecule has 0 aromatic heterocycles. The van der Waals surface area contributed by atoms with Gasteiger partial charge in [-0.2, -0.15) is 11.8 Å². The number of ether oxygens (including phenoxy) is 1. The molecule has 0 amide bonds. The van der Waals surface area contributed by atoms with Crippen molar-refractivity contribution in [1.82, 2.24) is 4.90 Å². The molecule has 0 aliphatic carbocycles. The highest BCUT2D eigenvalue weighted by atomic mass is 32.2. The fraction of sp³-hybridized carbons (Fsp3) is 1.00. The van der Waals surface area contributed by atoms with Gasteiger partial charge in [-0.25, -0.2) is 0 Å². The normalized spacial score (nSPS) is 24.0. The summed E-state index contributed by atoms with van der Waals surface area (Å²) in [5.74, 6) is 2.11. The monoisotopic (exact) mass is 219 g/mol. The maximum absolute atomic E-state index is 8.63. The van der Waals surface area contributed by atoms with Crippen molar-refractivity contribution in [3.05, 3.63) is 0 Å². The summed E-state index contributed by atoms with van der Waals surface area (Å²) in [5.41, 5.74) is 0. The predicted molar refractivity (Wildman–Crippen MR) is 60.9 cm³/mol. The van der Waals surface area contributed by atoms with Gasteiger partial charge in [0.05, 0.1) is 12.7 Å². The van der Waals surface area contributed by atoms with Crippen molar-refractivity contribution < 1.29 is 9.84 Å². The van der Waals surface area contributed by atoms with E-state index >= 15 is 0 Å². The summed E-state index contributed by atoms with van der Waals surface area (Å²) in [6, 6.07) is 0. The molecule has 14 heavy (non-hydrogen) atoms. The fourth-order valence-electron chi connectivity index (χ4n) is 1.55. The molecule has 84 valence electrons. The van der Waals surface area contributed by atoms with Gasteiger partial charge in [0.2, 0.25) is 0 Å². The van der Waals surface area contributed by atoms with Crippen molar-refractivity contribution in [2.45, 2.75) is 19.4 Å². The number of aliphatic hydroxyl groups is 1. The molecule has 1 atom stereocenters. The summed E-state index contributed by atoms with van der Waals surface area (Å²) in [7, 11) is 0. The molecule has 0 spiro atoms. The molecule has 1 aliphatic rings. The fourth-order valence-corrected chi connectivity index (χ4v) is 2.51. The first-order valence-electron chi connectivity index (χ1n) is 5.39. The lowest BCUT2D eigenvalue weighted by Crippen LogP contribution is -2.43. The van der Waals surface area contributed by atoms with Crippen LogP contribution in [0.2, 0.25) is 0 Å².